The number of aryl methyl sites for hydroxylation is 1. The largest absolute Gasteiger partial charge is 0.481 e. The second-order valence-electron chi connectivity index (χ2n) is 11.2. The van der Waals surface area contributed by atoms with Gasteiger partial charge in [-0.25, -0.2) is 0 Å². The first-order chi connectivity index (χ1) is 21.8. The van der Waals surface area contributed by atoms with Crippen molar-refractivity contribution in [2.45, 2.75) is 25.7 Å². The van der Waals surface area contributed by atoms with Crippen molar-refractivity contribution in [1.29, 1.82) is 0 Å². The second kappa shape index (κ2) is 12.6. The van der Waals surface area contributed by atoms with Crippen molar-refractivity contribution in [2.24, 2.45) is 5.92 Å². The first-order valence-electron chi connectivity index (χ1n) is 14.8. The lowest BCUT2D eigenvalue weighted by Gasteiger charge is -2.20. The molecule has 3 aromatic carbocycles. The summed E-state index contributed by atoms with van der Waals surface area (Å²) in [5.41, 5.74) is 6.13. The van der Waals surface area contributed by atoms with Crippen LogP contribution in [0.5, 0.6) is 0 Å². The molecule has 0 aliphatic carbocycles. The molecule has 0 spiro atoms. The van der Waals surface area contributed by atoms with Crippen molar-refractivity contribution in [3.8, 4) is 0 Å². The summed E-state index contributed by atoms with van der Waals surface area (Å²) in [6.45, 7) is 2.51. The van der Waals surface area contributed by atoms with E-state index in [1.807, 2.05) is 60.7 Å². The summed E-state index contributed by atoms with van der Waals surface area (Å²) in [5, 5.41) is 13.2. The van der Waals surface area contributed by atoms with Crippen LogP contribution in [-0.2, 0) is 22.4 Å². The predicted molar refractivity (Wildman–Crippen MR) is 171 cm³/mol. The molecule has 3 heterocycles. The maximum Gasteiger partial charge on any atom is 0.308 e. The normalized spacial score (nSPS) is 16.1. The molecule has 1 aliphatic rings. The van der Waals surface area contributed by atoms with Crippen molar-refractivity contribution < 1.29 is 23.9 Å². The van der Waals surface area contributed by atoms with E-state index in [0.29, 0.717) is 34.9 Å². The van der Waals surface area contributed by atoms with Gasteiger partial charge in [-0.05, 0) is 65.6 Å². The van der Waals surface area contributed by atoms with Crippen molar-refractivity contribution in [3.63, 3.8) is 0 Å². The van der Waals surface area contributed by atoms with Crippen molar-refractivity contribution in [3.05, 3.63) is 114 Å². The van der Waals surface area contributed by atoms with Gasteiger partial charge in [0.15, 0.2) is 5.58 Å². The number of pyridine rings is 1. The monoisotopic (exact) mass is 603 g/mol. The average Bonchev–Trinajstić information content (AvgIpc) is 3.69. The Bertz CT molecular complexity index is 1850. The van der Waals surface area contributed by atoms with Gasteiger partial charge in [0.1, 0.15) is 5.52 Å². The maximum absolute atomic E-state index is 13.2. The number of carbonyl (C=O) groups excluding carboxylic acids is 2. The lowest BCUT2D eigenvalue weighted by molar-refractivity contribution is -0.141. The van der Waals surface area contributed by atoms with Gasteiger partial charge in [0.05, 0.1) is 12.3 Å². The van der Waals surface area contributed by atoms with Crippen LogP contribution in [-0.4, -0.2) is 57.9 Å². The smallest absolute Gasteiger partial charge is 0.308 e. The summed E-state index contributed by atoms with van der Waals surface area (Å²) in [6.07, 6.45) is 4.12. The van der Waals surface area contributed by atoms with Crippen LogP contribution in [0.4, 0.5) is 17.4 Å². The summed E-state index contributed by atoms with van der Waals surface area (Å²) in [6, 6.07) is 24.5. The van der Waals surface area contributed by atoms with Gasteiger partial charge in [-0.3, -0.25) is 19.4 Å². The second-order valence-corrected chi connectivity index (χ2v) is 11.2. The third kappa shape index (κ3) is 6.26. The Balaban J connectivity index is 1.12. The van der Waals surface area contributed by atoms with Crippen LogP contribution < -0.4 is 10.2 Å². The van der Waals surface area contributed by atoms with E-state index in [-0.39, 0.29) is 30.7 Å². The minimum atomic E-state index is -0.946. The van der Waals surface area contributed by atoms with Gasteiger partial charge >= 0.3 is 5.97 Å². The minimum Gasteiger partial charge on any atom is -0.481 e. The fourth-order valence-corrected chi connectivity index (χ4v) is 5.82. The number of nitrogens with zero attached hydrogens (tertiary/aromatic N) is 4. The average molecular weight is 604 g/mol. The van der Waals surface area contributed by atoms with E-state index in [1.54, 1.807) is 41.4 Å². The molecule has 45 heavy (non-hydrogen) atoms. The summed E-state index contributed by atoms with van der Waals surface area (Å²) < 4.78 is 5.96. The summed E-state index contributed by atoms with van der Waals surface area (Å²) in [4.78, 5) is 50.0. The number of amides is 2. The molecular formula is C35H33N5O5. The predicted octanol–water partition coefficient (Wildman–Crippen LogP) is 5.67. The molecule has 10 heteroatoms. The molecule has 1 saturated heterocycles. The summed E-state index contributed by atoms with van der Waals surface area (Å²) >= 11 is 0. The minimum absolute atomic E-state index is 0.116. The van der Waals surface area contributed by atoms with Gasteiger partial charge in [-0.1, -0.05) is 43.3 Å². The first kappa shape index (κ1) is 29.6. The number of carbonyl (C=O) groups is 3. The Morgan fingerprint density at radius 3 is 2.49 bits per heavy atom. The van der Waals surface area contributed by atoms with Gasteiger partial charge < -0.3 is 24.6 Å². The number of para-hydroxylation sites is 1. The van der Waals surface area contributed by atoms with E-state index in [1.165, 1.54) is 0 Å². The quantitative estimate of drug-likeness (QED) is 0.220. The number of likely N-dealkylation sites (tertiary alicyclic amines) is 1. The number of likely N-dealkylation sites (N-methyl/N-ethyl adjacent to an activating group) is 1. The van der Waals surface area contributed by atoms with Crippen LogP contribution in [0, 0.1) is 5.92 Å². The molecule has 1 aliphatic heterocycles. The van der Waals surface area contributed by atoms with E-state index in [0.717, 1.165) is 28.8 Å². The Hall–Kier alpha value is -5.51. The molecule has 228 valence electrons. The number of hydrogen-bond acceptors (Lipinski definition) is 7. The molecule has 5 aromatic rings. The zero-order valence-electron chi connectivity index (χ0n) is 25.0. The molecule has 10 nitrogen and oxygen atoms in total. The van der Waals surface area contributed by atoms with Crippen LogP contribution in [0.3, 0.4) is 0 Å². The molecule has 2 atom stereocenters. The molecule has 0 radical (unpaired) electrons. The highest BCUT2D eigenvalue weighted by atomic mass is 16.4. The lowest BCUT2D eigenvalue weighted by Crippen LogP contribution is -2.29. The van der Waals surface area contributed by atoms with E-state index in [2.05, 4.69) is 28.3 Å². The zero-order chi connectivity index (χ0) is 31.5. The number of nitrogens with one attached hydrogen (secondary N) is 1. The number of carboxylic acids is 1. The van der Waals surface area contributed by atoms with Crippen molar-refractivity contribution >= 4 is 46.3 Å². The third-order valence-electron chi connectivity index (χ3n) is 8.38. The van der Waals surface area contributed by atoms with Gasteiger partial charge in [0, 0.05) is 55.4 Å². The fraction of sp³-hybridized carbons (Fsp3) is 0.229. The van der Waals surface area contributed by atoms with Crippen LogP contribution in [0.15, 0.2) is 95.7 Å². The van der Waals surface area contributed by atoms with E-state index >= 15 is 0 Å². The maximum atomic E-state index is 13.2. The number of fused-ring (bicyclic) bond motifs is 1. The molecule has 2 N–H and O–H groups in total. The Morgan fingerprint density at radius 2 is 1.76 bits per heavy atom. The number of benzene rings is 3. The molecule has 6 rings (SSSR count). The molecule has 1 fully saturated rings. The van der Waals surface area contributed by atoms with Crippen molar-refractivity contribution in [1.82, 2.24) is 14.9 Å². The zero-order valence-corrected chi connectivity index (χ0v) is 25.0. The third-order valence-corrected chi connectivity index (χ3v) is 8.38. The summed E-state index contributed by atoms with van der Waals surface area (Å²) in [5.74, 6) is -2.38. The van der Waals surface area contributed by atoms with Crippen LogP contribution >= 0.6 is 0 Å². The molecule has 2 amide bonds. The first-order valence-corrected chi connectivity index (χ1v) is 14.8. The van der Waals surface area contributed by atoms with Crippen LogP contribution in [0.25, 0.3) is 11.1 Å². The summed E-state index contributed by atoms with van der Waals surface area (Å²) in [7, 11) is 1.71. The number of aromatic nitrogens is 2. The highest BCUT2D eigenvalue weighted by Gasteiger charge is 2.40. The molecule has 2 aromatic heterocycles. The standard InChI is InChI=1S/C35H33N5O5/c1-3-23-6-4-5-7-29(23)37-35-38-30-13-8-22(18-31(30)45-35)19-32(41)39(2)26-11-9-24(10-12-26)27-20-40(21-28(27)34(43)44)33(42)25-14-16-36-17-15-25/h4-18,27-28H,3,19-21H2,1-2H3,(H,37,38)(H,43,44). The fourth-order valence-electron chi connectivity index (χ4n) is 5.82. The number of hydrogen-bond donors (Lipinski definition) is 2. The number of carboxylic acid groups (broad SMARTS) is 1. The SMILES string of the molecule is CCc1ccccc1Nc1nc2ccc(CC(=O)N(C)c3ccc(C4CN(C(=O)c5ccncc5)CC4C(=O)O)cc3)cc2o1. The molecule has 2 unspecified atom stereocenters. The Morgan fingerprint density at radius 1 is 1.00 bits per heavy atom. The molecular weight excluding hydrogens is 570 g/mol. The van der Waals surface area contributed by atoms with Crippen molar-refractivity contribution in [2.75, 3.05) is 30.4 Å². The van der Waals surface area contributed by atoms with Gasteiger partial charge in [-0.15, -0.1) is 0 Å². The van der Waals surface area contributed by atoms with E-state index in [9.17, 15) is 19.5 Å². The number of anilines is 3. The van der Waals surface area contributed by atoms with Gasteiger partial charge in [0.2, 0.25) is 5.91 Å². The van der Waals surface area contributed by atoms with Gasteiger partial charge in [0.25, 0.3) is 11.9 Å². The topological polar surface area (TPSA) is 129 Å². The number of oxazole rings is 1. The molecule has 0 saturated carbocycles. The van der Waals surface area contributed by atoms with E-state index in [4.69, 9.17) is 4.42 Å². The van der Waals surface area contributed by atoms with Gasteiger partial charge in [-0.2, -0.15) is 4.98 Å². The molecule has 0 bridgehead atoms. The highest BCUT2D eigenvalue weighted by molar-refractivity contribution is 5.95. The lowest BCUT2D eigenvalue weighted by atomic mass is 9.89. The number of rotatable bonds is 9. The number of aliphatic carboxylic acids is 1. The van der Waals surface area contributed by atoms with E-state index < -0.39 is 11.9 Å². The highest BCUT2D eigenvalue weighted by Crippen LogP contribution is 2.35. The van der Waals surface area contributed by atoms with Crippen LogP contribution in [0.2, 0.25) is 0 Å². The Kier molecular flexibility index (Phi) is 8.28. The Labute approximate surface area is 260 Å². The van der Waals surface area contributed by atoms with Crippen LogP contribution in [0.1, 0.15) is 39.9 Å².